The van der Waals surface area contributed by atoms with E-state index in [1.54, 1.807) is 27.7 Å². The number of benzene rings is 1. The molecule has 3 amide bonds. The number of nitrogens with one attached hydrogen (secondary N) is 2. The van der Waals surface area contributed by atoms with Crippen LogP contribution in [0, 0.1) is 6.92 Å². The van der Waals surface area contributed by atoms with Crippen molar-refractivity contribution in [2.24, 2.45) is 0 Å². The average Bonchev–Trinajstić information content (AvgIpc) is 3.42. The molecule has 1 saturated heterocycles. The third kappa shape index (κ3) is 11.2. The lowest BCUT2D eigenvalue weighted by Crippen LogP contribution is -2.59. The largest absolute Gasteiger partial charge is 0.543 e. The maximum absolute atomic E-state index is 14.4. The van der Waals surface area contributed by atoms with Gasteiger partial charge in [0.1, 0.15) is 41.8 Å². The van der Waals surface area contributed by atoms with Crippen molar-refractivity contribution in [3.63, 3.8) is 0 Å². The lowest BCUT2D eigenvalue weighted by molar-refractivity contribution is -0.145. The number of likely N-dealkylation sites (tertiary alicyclic amines) is 1. The van der Waals surface area contributed by atoms with Crippen LogP contribution in [0.2, 0.25) is 36.3 Å². The second kappa shape index (κ2) is 17.1. The summed E-state index contributed by atoms with van der Waals surface area (Å²) < 4.78 is 30.1. The fourth-order valence-electron chi connectivity index (χ4n) is 5.41. The number of methoxy groups -OCH3 is 1. The summed E-state index contributed by atoms with van der Waals surface area (Å²) in [4.78, 5) is 69.0. The Hall–Kier alpha value is -3.29. The molecule has 1 fully saturated rings. The number of hydrogen-bond donors (Lipinski definition) is 3. The maximum atomic E-state index is 14.4. The SMILES string of the molecule is COC(=O)[C@@H]1CSCc2c(O[Si](C)(C)C(C)(C)C)cc(O[Si](C)(C)C(C)(C)C)c(C)c2C(=O)OC[C@H](NC(=O)[C@@H]2[C@H](O)CCN2C(=O)OC(C)(C)C)C(=O)N1. The van der Waals surface area contributed by atoms with E-state index in [4.69, 9.17) is 23.1 Å². The van der Waals surface area contributed by atoms with E-state index in [0.717, 1.165) is 4.90 Å². The zero-order valence-corrected chi connectivity index (χ0v) is 38.1. The van der Waals surface area contributed by atoms with Crippen molar-refractivity contribution in [3.05, 3.63) is 22.8 Å². The molecule has 3 rings (SSSR count). The fourth-order valence-corrected chi connectivity index (χ4v) is 8.58. The number of carbonyl (C=O) groups is 5. The van der Waals surface area contributed by atoms with Gasteiger partial charge in [0.2, 0.25) is 28.4 Å². The highest BCUT2D eigenvalue weighted by molar-refractivity contribution is 7.98. The van der Waals surface area contributed by atoms with Gasteiger partial charge in [-0.15, -0.1) is 0 Å². The summed E-state index contributed by atoms with van der Waals surface area (Å²) >= 11 is 1.29. The Morgan fingerprint density at radius 1 is 0.964 bits per heavy atom. The van der Waals surface area contributed by atoms with Crippen molar-refractivity contribution in [2.75, 3.05) is 26.0 Å². The Bertz CT molecular complexity index is 1630. The Labute approximate surface area is 332 Å². The Morgan fingerprint density at radius 2 is 1.53 bits per heavy atom. The van der Waals surface area contributed by atoms with Crippen LogP contribution in [0.3, 0.4) is 0 Å². The van der Waals surface area contributed by atoms with Gasteiger partial charge in [-0.25, -0.2) is 14.4 Å². The lowest BCUT2D eigenvalue weighted by atomic mass is 10.0. The average molecular weight is 826 g/mol. The highest BCUT2D eigenvalue weighted by Gasteiger charge is 2.45. The number of nitrogens with zero attached hydrogens (tertiary/aromatic N) is 1. The fraction of sp³-hybridized carbons (Fsp3) is 0.711. The van der Waals surface area contributed by atoms with Crippen LogP contribution in [0.5, 0.6) is 11.5 Å². The molecule has 17 heteroatoms. The minimum absolute atomic E-state index is 0.0380. The van der Waals surface area contributed by atoms with Crippen LogP contribution in [0.15, 0.2) is 6.07 Å². The number of thioether (sulfide) groups is 1. The number of ether oxygens (including phenoxy) is 3. The van der Waals surface area contributed by atoms with Crippen LogP contribution < -0.4 is 19.5 Å². The first kappa shape index (κ1) is 46.1. The molecule has 3 N–H and O–H groups in total. The minimum Gasteiger partial charge on any atom is -0.543 e. The summed E-state index contributed by atoms with van der Waals surface area (Å²) in [6.07, 6.45) is -1.96. The van der Waals surface area contributed by atoms with Gasteiger partial charge in [0.05, 0.1) is 18.8 Å². The van der Waals surface area contributed by atoms with Gasteiger partial charge in [-0.1, -0.05) is 41.5 Å². The second-order valence-corrected chi connectivity index (χ2v) is 28.8. The molecule has 4 atom stereocenters. The van der Waals surface area contributed by atoms with E-state index in [1.165, 1.54) is 18.9 Å². The summed E-state index contributed by atoms with van der Waals surface area (Å²) in [5.41, 5.74) is 0.425. The summed E-state index contributed by atoms with van der Waals surface area (Å²) in [5.74, 6) is -1.93. The zero-order chi connectivity index (χ0) is 42.1. The van der Waals surface area contributed by atoms with Crippen LogP contribution >= 0.6 is 11.8 Å². The Kier molecular flexibility index (Phi) is 14.3. The molecule has 0 saturated carbocycles. The van der Waals surface area contributed by atoms with Crippen LogP contribution in [-0.2, 0) is 34.3 Å². The number of hydrogen-bond acceptors (Lipinski definition) is 12. The molecule has 55 heavy (non-hydrogen) atoms. The molecule has 0 bridgehead atoms. The van der Waals surface area contributed by atoms with E-state index < -0.39 is 82.9 Å². The van der Waals surface area contributed by atoms with E-state index in [-0.39, 0.29) is 40.1 Å². The predicted molar refractivity (Wildman–Crippen MR) is 217 cm³/mol. The third-order valence-electron chi connectivity index (χ3n) is 10.8. The molecule has 0 aliphatic carbocycles. The highest BCUT2D eigenvalue weighted by atomic mass is 32.2. The number of rotatable bonds is 7. The van der Waals surface area contributed by atoms with Gasteiger partial charge < -0.3 is 38.8 Å². The summed E-state index contributed by atoms with van der Waals surface area (Å²) in [5, 5.41) is 15.6. The topological polar surface area (TPSA) is 179 Å². The third-order valence-corrected chi connectivity index (χ3v) is 20.5. The quantitative estimate of drug-likeness (QED) is 0.174. The van der Waals surface area contributed by atoms with Crippen LogP contribution in [0.1, 0.15) is 90.2 Å². The summed E-state index contributed by atoms with van der Waals surface area (Å²) in [6, 6.07) is -2.19. The summed E-state index contributed by atoms with van der Waals surface area (Å²) in [6.45, 7) is 27.4. The number of carbonyl (C=O) groups excluding carboxylic acids is 5. The minimum atomic E-state index is -2.50. The van der Waals surface area contributed by atoms with Crippen molar-refractivity contribution in [3.8, 4) is 11.5 Å². The standard InChI is InChI=1S/C38H63N3O11SSi2/c1-22-27(51-54(12,13)37(5,6)7)18-28(52-55(14,15)38(8,9)10)23-20-53-21-25(33(45)48-11)40-31(43)24(19-49-34(46)29(22)23)39-32(44)30-26(42)16-17-41(30)35(47)50-36(2,3)4/h18,24-26,30,42H,16-17,19-21H2,1-15H3,(H,39,44)(H,40,43)/t24-,25-,26+,30-/m0/s1. The molecule has 2 aliphatic rings. The number of fused-ring (bicyclic) bond motifs is 1. The molecule has 310 valence electrons. The molecular formula is C38H63N3O11SSi2. The molecule has 1 aromatic rings. The van der Waals surface area contributed by atoms with Gasteiger partial charge in [-0.3, -0.25) is 14.5 Å². The number of cyclic esters (lactones) is 1. The first-order valence-electron chi connectivity index (χ1n) is 18.7. The number of amides is 3. The number of aliphatic hydroxyl groups excluding tert-OH is 1. The highest BCUT2D eigenvalue weighted by Crippen LogP contribution is 2.45. The molecular weight excluding hydrogens is 763 g/mol. The van der Waals surface area contributed by atoms with E-state index in [0.29, 0.717) is 22.6 Å². The van der Waals surface area contributed by atoms with Crippen molar-refractivity contribution in [1.82, 2.24) is 15.5 Å². The van der Waals surface area contributed by atoms with Crippen molar-refractivity contribution in [2.45, 2.75) is 148 Å². The molecule has 0 radical (unpaired) electrons. The van der Waals surface area contributed by atoms with Gasteiger partial charge in [-0.2, -0.15) is 11.8 Å². The first-order chi connectivity index (χ1) is 25.0. The first-order valence-corrected chi connectivity index (χ1v) is 25.6. The van der Waals surface area contributed by atoms with Gasteiger partial charge in [0, 0.05) is 35.2 Å². The normalized spacial score (nSPS) is 21.9. The van der Waals surface area contributed by atoms with E-state index in [1.807, 2.05) is 6.07 Å². The van der Waals surface area contributed by atoms with Crippen molar-refractivity contribution in [1.29, 1.82) is 0 Å². The Balaban J connectivity index is 2.16. The molecule has 14 nitrogen and oxygen atoms in total. The molecule has 0 aromatic heterocycles. The van der Waals surface area contributed by atoms with Gasteiger partial charge in [0.25, 0.3) is 0 Å². The smallest absolute Gasteiger partial charge is 0.411 e. The lowest BCUT2D eigenvalue weighted by Gasteiger charge is -2.39. The van der Waals surface area contributed by atoms with E-state index in [9.17, 15) is 29.1 Å². The van der Waals surface area contributed by atoms with Crippen LogP contribution in [-0.4, -0.2) is 112 Å². The zero-order valence-electron chi connectivity index (χ0n) is 35.3. The molecule has 2 aliphatic heterocycles. The Morgan fingerprint density at radius 3 is 2.05 bits per heavy atom. The maximum Gasteiger partial charge on any atom is 0.411 e. The predicted octanol–water partition coefficient (Wildman–Crippen LogP) is 5.68. The van der Waals surface area contributed by atoms with E-state index in [2.05, 4.69) is 78.4 Å². The molecule has 2 heterocycles. The van der Waals surface area contributed by atoms with Crippen molar-refractivity contribution < 1.29 is 52.1 Å². The van der Waals surface area contributed by atoms with Gasteiger partial charge in [-0.05, 0) is 70.4 Å². The molecule has 1 aromatic carbocycles. The monoisotopic (exact) mass is 825 g/mol. The van der Waals surface area contributed by atoms with Gasteiger partial charge in [0.15, 0.2) is 0 Å². The number of esters is 2. The molecule has 0 spiro atoms. The second-order valence-electron chi connectivity index (χ2n) is 18.3. The van der Waals surface area contributed by atoms with Crippen molar-refractivity contribution >= 4 is 58.2 Å². The molecule has 0 unspecified atom stereocenters. The summed E-state index contributed by atoms with van der Waals surface area (Å²) in [7, 11) is -3.73. The van der Waals surface area contributed by atoms with Gasteiger partial charge >= 0.3 is 18.0 Å². The van der Waals surface area contributed by atoms with Crippen LogP contribution in [0.25, 0.3) is 0 Å². The van der Waals surface area contributed by atoms with E-state index >= 15 is 0 Å². The number of aliphatic hydroxyl groups is 1. The van der Waals surface area contributed by atoms with Crippen LogP contribution in [0.4, 0.5) is 4.79 Å².